The van der Waals surface area contributed by atoms with E-state index in [-0.39, 0.29) is 11.9 Å². The molecule has 3 aromatic rings. The van der Waals surface area contributed by atoms with E-state index in [0.717, 1.165) is 29.2 Å². The number of thioether (sulfide) groups is 1. The molecule has 1 aromatic carbocycles. The fourth-order valence-corrected chi connectivity index (χ4v) is 3.14. The maximum atomic E-state index is 12.5. The quantitative estimate of drug-likeness (QED) is 0.636. The van der Waals surface area contributed by atoms with E-state index < -0.39 is 0 Å². The third kappa shape index (κ3) is 4.30. The summed E-state index contributed by atoms with van der Waals surface area (Å²) in [7, 11) is 0. The van der Waals surface area contributed by atoms with Gasteiger partial charge in [0.2, 0.25) is 5.91 Å². The molecule has 0 spiro atoms. The molecule has 6 nitrogen and oxygen atoms in total. The monoisotopic (exact) mass is 355 g/mol. The number of carbonyl (C=O) groups excluding carboxylic acids is 1. The molecule has 2 aromatic heterocycles. The van der Waals surface area contributed by atoms with Gasteiger partial charge in [-0.25, -0.2) is 0 Å². The molecule has 2 heterocycles. The van der Waals surface area contributed by atoms with E-state index >= 15 is 0 Å². The number of hydrogen-bond donors (Lipinski definition) is 2. The Morgan fingerprint density at radius 1 is 1.24 bits per heavy atom. The summed E-state index contributed by atoms with van der Waals surface area (Å²) in [5.74, 6) is 1.65. The van der Waals surface area contributed by atoms with Crippen LogP contribution in [0.2, 0.25) is 0 Å². The van der Waals surface area contributed by atoms with Gasteiger partial charge in [0.05, 0.1) is 12.5 Å². The number of benzene rings is 1. The molecule has 1 atom stereocenters. The minimum absolute atomic E-state index is 0.0384. The van der Waals surface area contributed by atoms with Crippen LogP contribution in [0.25, 0.3) is 5.65 Å². The van der Waals surface area contributed by atoms with Crippen LogP contribution < -0.4 is 11.1 Å². The van der Waals surface area contributed by atoms with E-state index in [1.54, 1.807) is 23.9 Å². The molecule has 3 N–H and O–H groups in total. The molecule has 0 saturated heterocycles. The Kier molecular flexibility index (Phi) is 5.55. The second kappa shape index (κ2) is 8.02. The molecule has 25 heavy (non-hydrogen) atoms. The van der Waals surface area contributed by atoms with Crippen LogP contribution >= 0.6 is 11.8 Å². The number of rotatable bonds is 7. The van der Waals surface area contributed by atoms with Crippen molar-refractivity contribution in [3.8, 4) is 0 Å². The van der Waals surface area contributed by atoms with Gasteiger partial charge in [0.1, 0.15) is 0 Å². The maximum Gasteiger partial charge on any atom is 0.225 e. The number of hydrogen-bond acceptors (Lipinski definition) is 5. The number of aromatic nitrogens is 3. The van der Waals surface area contributed by atoms with E-state index in [0.29, 0.717) is 12.1 Å². The SMILES string of the molecule is CSCCC(NC(=O)Cc1ccc(N)cc1)c1nnc2ccccn12. The second-order valence-electron chi connectivity index (χ2n) is 5.81. The Labute approximate surface area is 150 Å². The highest BCUT2D eigenvalue weighted by Gasteiger charge is 2.20. The Morgan fingerprint density at radius 2 is 2.04 bits per heavy atom. The topological polar surface area (TPSA) is 85.3 Å². The minimum Gasteiger partial charge on any atom is -0.399 e. The third-order valence-corrected chi connectivity index (χ3v) is 4.59. The number of fused-ring (bicyclic) bond motifs is 1. The lowest BCUT2D eigenvalue weighted by Gasteiger charge is -2.17. The largest absolute Gasteiger partial charge is 0.399 e. The Bertz CT molecular complexity index is 846. The summed E-state index contributed by atoms with van der Waals surface area (Å²) in [5, 5.41) is 11.6. The van der Waals surface area contributed by atoms with Gasteiger partial charge in [0.15, 0.2) is 11.5 Å². The molecule has 130 valence electrons. The fraction of sp³-hybridized carbons (Fsp3) is 0.278. The number of nitrogens with zero attached hydrogens (tertiary/aromatic N) is 3. The number of nitrogens with one attached hydrogen (secondary N) is 1. The summed E-state index contributed by atoms with van der Waals surface area (Å²) in [6.07, 6.45) is 5.08. The molecule has 0 radical (unpaired) electrons. The van der Waals surface area contributed by atoms with E-state index in [1.165, 1.54) is 0 Å². The zero-order chi connectivity index (χ0) is 17.6. The molecule has 0 saturated carbocycles. The lowest BCUT2D eigenvalue weighted by Crippen LogP contribution is -2.31. The average molecular weight is 355 g/mol. The maximum absolute atomic E-state index is 12.5. The van der Waals surface area contributed by atoms with Gasteiger partial charge in [-0.1, -0.05) is 18.2 Å². The van der Waals surface area contributed by atoms with E-state index in [9.17, 15) is 4.79 Å². The van der Waals surface area contributed by atoms with Crippen molar-refractivity contribution in [2.75, 3.05) is 17.7 Å². The van der Waals surface area contributed by atoms with Crippen molar-refractivity contribution in [1.82, 2.24) is 19.9 Å². The van der Waals surface area contributed by atoms with Crippen molar-refractivity contribution < 1.29 is 4.79 Å². The summed E-state index contributed by atoms with van der Waals surface area (Å²) >= 11 is 1.74. The number of anilines is 1. The number of pyridine rings is 1. The van der Waals surface area contributed by atoms with Crippen LogP contribution in [0, 0.1) is 0 Å². The van der Waals surface area contributed by atoms with Gasteiger partial charge < -0.3 is 11.1 Å². The molecule has 1 unspecified atom stereocenters. The molecule has 0 aliphatic heterocycles. The van der Waals surface area contributed by atoms with Crippen molar-refractivity contribution in [3.63, 3.8) is 0 Å². The first-order valence-corrected chi connectivity index (χ1v) is 9.49. The molecule has 0 bridgehead atoms. The number of amides is 1. The predicted molar refractivity (Wildman–Crippen MR) is 101 cm³/mol. The zero-order valence-corrected chi connectivity index (χ0v) is 14.9. The van der Waals surface area contributed by atoms with Crippen LogP contribution in [-0.2, 0) is 11.2 Å². The first-order valence-electron chi connectivity index (χ1n) is 8.10. The second-order valence-corrected chi connectivity index (χ2v) is 6.79. The average Bonchev–Trinajstić information content (AvgIpc) is 3.04. The van der Waals surface area contributed by atoms with Gasteiger partial charge in [0.25, 0.3) is 0 Å². The molecule has 1 amide bonds. The van der Waals surface area contributed by atoms with E-state index in [1.807, 2.05) is 40.9 Å². The van der Waals surface area contributed by atoms with Crippen LogP contribution in [-0.4, -0.2) is 32.5 Å². The lowest BCUT2D eigenvalue weighted by molar-refractivity contribution is -0.121. The first kappa shape index (κ1) is 17.3. The lowest BCUT2D eigenvalue weighted by atomic mass is 10.1. The van der Waals surface area contributed by atoms with Crippen LogP contribution in [0.15, 0.2) is 48.7 Å². The van der Waals surface area contributed by atoms with E-state index in [2.05, 4.69) is 21.8 Å². The first-order chi connectivity index (χ1) is 12.2. The third-order valence-electron chi connectivity index (χ3n) is 3.94. The number of nitrogen functional groups attached to an aromatic ring is 1. The smallest absolute Gasteiger partial charge is 0.225 e. The number of carbonyl (C=O) groups is 1. The Balaban J connectivity index is 1.76. The molecular formula is C18H21N5OS. The normalized spacial score (nSPS) is 12.2. The van der Waals surface area contributed by atoms with Gasteiger partial charge in [-0.3, -0.25) is 9.20 Å². The highest BCUT2D eigenvalue weighted by Crippen LogP contribution is 2.18. The van der Waals surface area contributed by atoms with Crippen molar-refractivity contribution in [2.45, 2.75) is 18.9 Å². The van der Waals surface area contributed by atoms with Gasteiger partial charge in [0, 0.05) is 11.9 Å². The summed E-state index contributed by atoms with van der Waals surface area (Å²) in [5.41, 5.74) is 8.09. The van der Waals surface area contributed by atoms with Gasteiger partial charge in [-0.05, 0) is 48.3 Å². The predicted octanol–water partition coefficient (Wildman–Crippen LogP) is 2.46. The van der Waals surface area contributed by atoms with E-state index in [4.69, 9.17) is 5.73 Å². The molecule has 0 aliphatic rings. The molecule has 0 fully saturated rings. The van der Waals surface area contributed by atoms with Crippen molar-refractivity contribution >= 4 is 29.0 Å². The summed E-state index contributed by atoms with van der Waals surface area (Å²) < 4.78 is 1.93. The zero-order valence-electron chi connectivity index (χ0n) is 14.1. The summed E-state index contributed by atoms with van der Waals surface area (Å²) in [4.78, 5) is 12.5. The van der Waals surface area contributed by atoms with Crippen LogP contribution in [0.4, 0.5) is 5.69 Å². The fourth-order valence-electron chi connectivity index (χ4n) is 2.67. The Morgan fingerprint density at radius 3 is 2.80 bits per heavy atom. The summed E-state index contributed by atoms with van der Waals surface area (Å²) in [6.45, 7) is 0. The molecule has 7 heteroatoms. The highest BCUT2D eigenvalue weighted by molar-refractivity contribution is 7.98. The van der Waals surface area contributed by atoms with Crippen LogP contribution in [0.1, 0.15) is 23.9 Å². The minimum atomic E-state index is -0.175. The summed E-state index contributed by atoms with van der Waals surface area (Å²) in [6, 6.07) is 12.9. The molecular weight excluding hydrogens is 334 g/mol. The van der Waals surface area contributed by atoms with Crippen LogP contribution in [0.5, 0.6) is 0 Å². The standard InChI is InChI=1S/C18H21N5OS/c1-25-11-9-15(18-22-21-16-4-2-3-10-23(16)18)20-17(24)12-13-5-7-14(19)8-6-13/h2-8,10,15H,9,11-12,19H2,1H3,(H,20,24). The highest BCUT2D eigenvalue weighted by atomic mass is 32.2. The van der Waals surface area contributed by atoms with Crippen molar-refractivity contribution in [3.05, 3.63) is 60.0 Å². The van der Waals surface area contributed by atoms with Gasteiger partial charge in [-0.15, -0.1) is 10.2 Å². The van der Waals surface area contributed by atoms with Crippen LogP contribution in [0.3, 0.4) is 0 Å². The van der Waals surface area contributed by atoms with Crippen molar-refractivity contribution in [2.24, 2.45) is 0 Å². The van der Waals surface area contributed by atoms with Gasteiger partial charge >= 0.3 is 0 Å². The Hall–Kier alpha value is -2.54. The number of nitrogens with two attached hydrogens (primary N) is 1. The molecule has 3 rings (SSSR count). The van der Waals surface area contributed by atoms with Crippen molar-refractivity contribution in [1.29, 1.82) is 0 Å². The molecule has 0 aliphatic carbocycles. The van der Waals surface area contributed by atoms with Gasteiger partial charge in [-0.2, -0.15) is 11.8 Å².